The minimum Gasteiger partial charge on any atom is -0.380 e. The molecule has 1 aromatic heterocycles. The standard InChI is InChI=1S/C22H26BrN5O4/c1-12-16-7-13(22(16,2)3)8-17(12)26-18-10-24-27(21(30)20(18)23)11-19(29)25-14-5-4-6-15(9-14)28(31)32/h4-6,9-10,12-13,16-17,26H,7-8,11H2,1-3H3,(H,25,29)/t12-,13+,16-,17-/m1/s1. The van der Waals surface area contributed by atoms with Gasteiger partial charge in [-0.05, 0) is 58.0 Å². The molecular formula is C22H26BrN5O4. The zero-order valence-electron chi connectivity index (χ0n) is 18.2. The predicted molar refractivity (Wildman–Crippen MR) is 124 cm³/mol. The van der Waals surface area contributed by atoms with E-state index < -0.39 is 16.4 Å². The van der Waals surface area contributed by atoms with Crippen LogP contribution < -0.4 is 16.2 Å². The molecule has 2 aromatic rings. The summed E-state index contributed by atoms with van der Waals surface area (Å²) in [6, 6.07) is 5.89. The zero-order chi connectivity index (χ0) is 23.2. The Morgan fingerprint density at radius 3 is 2.78 bits per heavy atom. The van der Waals surface area contributed by atoms with E-state index in [1.54, 1.807) is 12.3 Å². The van der Waals surface area contributed by atoms with Gasteiger partial charge in [0.05, 0.1) is 16.8 Å². The van der Waals surface area contributed by atoms with Gasteiger partial charge in [-0.25, -0.2) is 4.68 Å². The molecule has 0 saturated heterocycles. The fraction of sp³-hybridized carbons (Fsp3) is 0.500. The normalized spacial score (nSPS) is 25.5. The molecule has 1 aromatic carbocycles. The van der Waals surface area contributed by atoms with Gasteiger partial charge in [-0.3, -0.25) is 19.7 Å². The third-order valence-electron chi connectivity index (χ3n) is 7.31. The second-order valence-electron chi connectivity index (χ2n) is 9.40. The van der Waals surface area contributed by atoms with E-state index in [1.807, 2.05) is 0 Å². The number of nitro benzene ring substituents is 1. The van der Waals surface area contributed by atoms with Crippen molar-refractivity contribution in [3.8, 4) is 0 Å². The lowest BCUT2D eigenvalue weighted by Crippen LogP contribution is -2.58. The molecular weight excluding hydrogens is 478 g/mol. The number of anilines is 2. The molecule has 5 rings (SSSR count). The molecule has 3 aliphatic carbocycles. The first kappa shape index (κ1) is 22.4. The van der Waals surface area contributed by atoms with Crippen molar-refractivity contribution in [1.29, 1.82) is 0 Å². The summed E-state index contributed by atoms with van der Waals surface area (Å²) in [6.07, 6.45) is 3.89. The molecule has 2 bridgehead atoms. The Labute approximate surface area is 193 Å². The SMILES string of the molecule is C[C@@H]1[C@H]2C[C@@H](C[C@H]1Nc1cnn(CC(=O)Nc3cccc([N+](=O)[O-])c3)c(=O)c1Br)C2(C)C. The molecule has 1 heterocycles. The van der Waals surface area contributed by atoms with Gasteiger partial charge in [-0.15, -0.1) is 0 Å². The lowest BCUT2D eigenvalue weighted by atomic mass is 9.45. The molecule has 3 saturated carbocycles. The summed E-state index contributed by atoms with van der Waals surface area (Å²) >= 11 is 3.37. The summed E-state index contributed by atoms with van der Waals surface area (Å²) in [5.74, 6) is 1.34. The van der Waals surface area contributed by atoms with Crippen molar-refractivity contribution >= 4 is 38.9 Å². The van der Waals surface area contributed by atoms with Crippen LogP contribution >= 0.6 is 15.9 Å². The number of hydrogen-bond acceptors (Lipinski definition) is 6. The lowest BCUT2D eigenvalue weighted by Gasteiger charge is -2.62. The summed E-state index contributed by atoms with van der Waals surface area (Å²) < 4.78 is 1.40. The van der Waals surface area contributed by atoms with Crippen molar-refractivity contribution in [1.82, 2.24) is 9.78 Å². The molecule has 3 fully saturated rings. The fourth-order valence-electron chi connectivity index (χ4n) is 5.25. The molecule has 1 amide bonds. The number of nitro groups is 1. The van der Waals surface area contributed by atoms with Gasteiger partial charge in [0.1, 0.15) is 11.0 Å². The summed E-state index contributed by atoms with van der Waals surface area (Å²) in [5.41, 5.74) is 0.735. The fourth-order valence-corrected chi connectivity index (χ4v) is 5.67. The van der Waals surface area contributed by atoms with Crippen LogP contribution in [0.25, 0.3) is 0 Å². The summed E-state index contributed by atoms with van der Waals surface area (Å²) in [6.45, 7) is 6.64. The average molecular weight is 504 g/mol. The maximum absolute atomic E-state index is 12.8. The number of carbonyl (C=O) groups excluding carboxylic acids is 1. The van der Waals surface area contributed by atoms with Crippen LogP contribution in [-0.4, -0.2) is 26.7 Å². The summed E-state index contributed by atoms with van der Waals surface area (Å²) in [7, 11) is 0. The molecule has 0 spiro atoms. The van der Waals surface area contributed by atoms with Crippen LogP contribution in [0.15, 0.2) is 39.7 Å². The highest BCUT2D eigenvalue weighted by Gasteiger charge is 2.56. The van der Waals surface area contributed by atoms with E-state index in [4.69, 9.17) is 0 Å². The Balaban J connectivity index is 1.43. The Morgan fingerprint density at radius 2 is 2.12 bits per heavy atom. The largest absolute Gasteiger partial charge is 0.380 e. The number of nitrogens with one attached hydrogen (secondary N) is 2. The topological polar surface area (TPSA) is 119 Å². The van der Waals surface area contributed by atoms with Gasteiger partial charge < -0.3 is 10.6 Å². The van der Waals surface area contributed by atoms with E-state index in [0.29, 0.717) is 33.3 Å². The first-order valence-electron chi connectivity index (χ1n) is 10.6. The maximum atomic E-state index is 12.8. The average Bonchev–Trinajstić information content (AvgIpc) is 2.74. The van der Waals surface area contributed by atoms with Crippen LogP contribution in [-0.2, 0) is 11.3 Å². The van der Waals surface area contributed by atoms with Crippen molar-refractivity contribution in [2.45, 2.75) is 46.2 Å². The Bertz CT molecular complexity index is 1130. The van der Waals surface area contributed by atoms with Crippen LogP contribution in [0.5, 0.6) is 0 Å². The summed E-state index contributed by atoms with van der Waals surface area (Å²) in [4.78, 5) is 35.5. The van der Waals surface area contributed by atoms with Crippen LogP contribution in [0, 0.1) is 33.3 Å². The molecule has 9 nitrogen and oxygen atoms in total. The van der Waals surface area contributed by atoms with E-state index in [9.17, 15) is 19.7 Å². The van der Waals surface area contributed by atoms with Crippen molar-refractivity contribution in [2.24, 2.45) is 23.2 Å². The van der Waals surface area contributed by atoms with Gasteiger partial charge >= 0.3 is 0 Å². The lowest BCUT2D eigenvalue weighted by molar-refractivity contribution is -0.384. The monoisotopic (exact) mass is 503 g/mol. The predicted octanol–water partition coefficient (Wildman–Crippen LogP) is 4.04. The van der Waals surface area contributed by atoms with Crippen LogP contribution in [0.2, 0.25) is 0 Å². The number of carbonyl (C=O) groups is 1. The van der Waals surface area contributed by atoms with Crippen LogP contribution in [0.4, 0.5) is 17.1 Å². The number of amides is 1. The van der Waals surface area contributed by atoms with Gasteiger partial charge in [0.25, 0.3) is 11.2 Å². The number of fused-ring (bicyclic) bond motifs is 2. The van der Waals surface area contributed by atoms with Crippen molar-refractivity contribution < 1.29 is 9.72 Å². The van der Waals surface area contributed by atoms with Crippen molar-refractivity contribution in [2.75, 3.05) is 10.6 Å². The Morgan fingerprint density at radius 1 is 1.38 bits per heavy atom. The Kier molecular flexibility index (Phi) is 5.83. The van der Waals surface area contributed by atoms with Crippen molar-refractivity contribution in [3.63, 3.8) is 0 Å². The van der Waals surface area contributed by atoms with Gasteiger partial charge in [0.15, 0.2) is 0 Å². The molecule has 3 aliphatic rings. The highest BCUT2D eigenvalue weighted by Crippen LogP contribution is 2.61. The zero-order valence-corrected chi connectivity index (χ0v) is 19.8. The minimum atomic E-state index is -0.540. The highest BCUT2D eigenvalue weighted by atomic mass is 79.9. The van der Waals surface area contributed by atoms with Gasteiger partial charge in [0.2, 0.25) is 5.91 Å². The number of non-ortho nitro benzene ring substituents is 1. The van der Waals surface area contributed by atoms with E-state index in [1.165, 1.54) is 24.6 Å². The first-order chi connectivity index (χ1) is 15.1. The number of nitrogens with zero attached hydrogens (tertiary/aromatic N) is 3. The third-order valence-corrected chi connectivity index (χ3v) is 8.08. The molecule has 2 N–H and O–H groups in total. The Hall–Kier alpha value is -2.75. The molecule has 0 radical (unpaired) electrons. The second-order valence-corrected chi connectivity index (χ2v) is 10.2. The molecule has 170 valence electrons. The quantitative estimate of drug-likeness (QED) is 0.453. The number of benzene rings is 1. The number of hydrogen-bond donors (Lipinski definition) is 2. The first-order valence-corrected chi connectivity index (χ1v) is 11.4. The highest BCUT2D eigenvalue weighted by molar-refractivity contribution is 9.10. The van der Waals surface area contributed by atoms with Gasteiger partial charge in [0, 0.05) is 23.9 Å². The number of aromatic nitrogens is 2. The minimum absolute atomic E-state index is 0.130. The second kappa shape index (κ2) is 8.31. The van der Waals surface area contributed by atoms with Gasteiger partial charge in [-0.1, -0.05) is 26.8 Å². The van der Waals surface area contributed by atoms with E-state index in [0.717, 1.165) is 11.1 Å². The van der Waals surface area contributed by atoms with Crippen LogP contribution in [0.1, 0.15) is 33.6 Å². The van der Waals surface area contributed by atoms with E-state index >= 15 is 0 Å². The molecule has 0 aliphatic heterocycles. The van der Waals surface area contributed by atoms with Crippen molar-refractivity contribution in [3.05, 3.63) is 55.4 Å². The van der Waals surface area contributed by atoms with E-state index in [-0.39, 0.29) is 24.0 Å². The number of rotatable bonds is 6. The molecule has 4 atom stereocenters. The maximum Gasteiger partial charge on any atom is 0.283 e. The number of halogens is 1. The van der Waals surface area contributed by atoms with E-state index in [2.05, 4.69) is 52.4 Å². The summed E-state index contributed by atoms with van der Waals surface area (Å²) in [5, 5.41) is 21.1. The molecule has 32 heavy (non-hydrogen) atoms. The molecule has 10 heteroatoms. The molecule has 0 unspecified atom stereocenters. The smallest absolute Gasteiger partial charge is 0.283 e. The van der Waals surface area contributed by atoms with Gasteiger partial charge in [-0.2, -0.15) is 5.10 Å². The van der Waals surface area contributed by atoms with Crippen LogP contribution in [0.3, 0.4) is 0 Å². The third kappa shape index (κ3) is 4.03.